The van der Waals surface area contributed by atoms with Gasteiger partial charge in [0.05, 0.1) is 28.6 Å². The lowest BCUT2D eigenvalue weighted by Gasteiger charge is -2.14. The van der Waals surface area contributed by atoms with E-state index in [1.54, 1.807) is 25.1 Å². The first-order valence-electron chi connectivity index (χ1n) is 6.30. The lowest BCUT2D eigenvalue weighted by Crippen LogP contribution is -2.09. The third-order valence-electron chi connectivity index (χ3n) is 2.78. The number of anilines is 3. The molecule has 0 radical (unpaired) electrons. The quantitative estimate of drug-likeness (QED) is 0.662. The van der Waals surface area contributed by atoms with Crippen LogP contribution in [-0.4, -0.2) is 12.6 Å². The fraction of sp³-hybridized carbons (Fsp3) is 0.133. The largest absolute Gasteiger partial charge is 0.462 e. The highest BCUT2D eigenvalue weighted by molar-refractivity contribution is 6.31. The van der Waals surface area contributed by atoms with Gasteiger partial charge in [0.15, 0.2) is 0 Å². The van der Waals surface area contributed by atoms with E-state index in [4.69, 9.17) is 22.1 Å². The summed E-state index contributed by atoms with van der Waals surface area (Å²) in [6, 6.07) is 9.05. The summed E-state index contributed by atoms with van der Waals surface area (Å²) >= 11 is 5.73. The Morgan fingerprint density at radius 3 is 2.81 bits per heavy atom. The number of hydrogen-bond acceptors (Lipinski definition) is 4. The van der Waals surface area contributed by atoms with Gasteiger partial charge < -0.3 is 15.8 Å². The molecule has 0 bridgehead atoms. The third kappa shape index (κ3) is 3.44. The lowest BCUT2D eigenvalue weighted by atomic mass is 10.1. The number of nitrogen functional groups attached to an aromatic ring is 1. The van der Waals surface area contributed by atoms with Crippen molar-refractivity contribution in [1.29, 1.82) is 0 Å². The second kappa shape index (κ2) is 6.45. The second-order valence-corrected chi connectivity index (χ2v) is 4.65. The average Bonchev–Trinajstić information content (AvgIpc) is 2.45. The van der Waals surface area contributed by atoms with Crippen molar-refractivity contribution in [2.45, 2.75) is 6.92 Å². The Bertz CT molecular complexity index is 677. The van der Waals surface area contributed by atoms with Crippen molar-refractivity contribution in [2.75, 3.05) is 17.7 Å². The van der Waals surface area contributed by atoms with Gasteiger partial charge in [-0.3, -0.25) is 0 Å². The summed E-state index contributed by atoms with van der Waals surface area (Å²) in [5.74, 6) is -1.01. The molecule has 4 nitrogen and oxygen atoms in total. The Labute approximate surface area is 126 Å². The molecule has 0 spiro atoms. The molecule has 2 rings (SSSR count). The van der Waals surface area contributed by atoms with Gasteiger partial charge in [-0.15, -0.1) is 0 Å². The number of nitrogens with one attached hydrogen (secondary N) is 1. The standard InChI is InChI=1S/C15H14ClFN2O2/c1-2-21-15(20)10-4-3-5-13(18)14(10)19-9-6-7-12(17)11(16)8-9/h3-8,19H,2,18H2,1H3. The first-order chi connectivity index (χ1) is 10.0. The molecule has 2 aromatic rings. The predicted octanol–water partition coefficient (Wildman–Crippen LogP) is 3.98. The molecule has 0 saturated carbocycles. The number of esters is 1. The number of hydrogen-bond donors (Lipinski definition) is 2. The fourth-order valence-corrected chi connectivity index (χ4v) is 1.99. The molecule has 110 valence electrons. The Morgan fingerprint density at radius 2 is 2.14 bits per heavy atom. The summed E-state index contributed by atoms with van der Waals surface area (Å²) in [6.45, 7) is 1.98. The maximum atomic E-state index is 13.2. The van der Waals surface area contributed by atoms with Crippen LogP contribution in [0.5, 0.6) is 0 Å². The zero-order valence-corrected chi connectivity index (χ0v) is 12.1. The molecule has 0 aliphatic heterocycles. The fourth-order valence-electron chi connectivity index (χ4n) is 1.81. The topological polar surface area (TPSA) is 64.3 Å². The molecular weight excluding hydrogens is 295 g/mol. The minimum absolute atomic E-state index is 0.0211. The molecule has 0 unspecified atom stereocenters. The van der Waals surface area contributed by atoms with Crippen molar-refractivity contribution < 1.29 is 13.9 Å². The molecule has 0 amide bonds. The number of carbonyl (C=O) groups excluding carboxylic acids is 1. The molecule has 0 fully saturated rings. The Balaban J connectivity index is 2.38. The molecule has 0 aliphatic carbocycles. The predicted molar refractivity (Wildman–Crippen MR) is 81.5 cm³/mol. The van der Waals surface area contributed by atoms with Gasteiger partial charge in [0.2, 0.25) is 0 Å². The van der Waals surface area contributed by atoms with Gasteiger partial charge in [-0.1, -0.05) is 17.7 Å². The van der Waals surface area contributed by atoms with Crippen LogP contribution >= 0.6 is 11.6 Å². The van der Waals surface area contributed by atoms with Gasteiger partial charge in [-0.05, 0) is 37.3 Å². The van der Waals surface area contributed by atoms with Crippen LogP contribution in [0.1, 0.15) is 17.3 Å². The highest BCUT2D eigenvalue weighted by atomic mass is 35.5. The van der Waals surface area contributed by atoms with Gasteiger partial charge in [-0.2, -0.15) is 0 Å². The monoisotopic (exact) mass is 308 g/mol. The summed E-state index contributed by atoms with van der Waals surface area (Å²) < 4.78 is 18.1. The van der Waals surface area contributed by atoms with Crippen molar-refractivity contribution in [3.8, 4) is 0 Å². The van der Waals surface area contributed by atoms with E-state index in [2.05, 4.69) is 5.32 Å². The maximum absolute atomic E-state index is 13.2. The van der Waals surface area contributed by atoms with E-state index in [1.165, 1.54) is 18.2 Å². The second-order valence-electron chi connectivity index (χ2n) is 4.24. The van der Waals surface area contributed by atoms with E-state index in [0.717, 1.165) is 0 Å². The van der Waals surface area contributed by atoms with Gasteiger partial charge in [-0.25, -0.2) is 9.18 Å². The molecule has 6 heteroatoms. The SMILES string of the molecule is CCOC(=O)c1cccc(N)c1Nc1ccc(F)c(Cl)c1. The van der Waals surface area contributed by atoms with Crippen LogP contribution in [0, 0.1) is 5.82 Å². The van der Waals surface area contributed by atoms with Crippen molar-refractivity contribution in [1.82, 2.24) is 0 Å². The van der Waals surface area contributed by atoms with Gasteiger partial charge in [0.25, 0.3) is 0 Å². The molecule has 0 atom stereocenters. The zero-order chi connectivity index (χ0) is 15.4. The number of benzene rings is 2. The molecule has 0 aliphatic rings. The Hall–Kier alpha value is -2.27. The highest BCUT2D eigenvalue weighted by Gasteiger charge is 2.15. The number of para-hydroxylation sites is 1. The molecular formula is C15H14ClFN2O2. The minimum Gasteiger partial charge on any atom is -0.462 e. The van der Waals surface area contributed by atoms with E-state index in [-0.39, 0.29) is 11.6 Å². The number of ether oxygens (including phenoxy) is 1. The molecule has 2 aromatic carbocycles. The summed E-state index contributed by atoms with van der Waals surface area (Å²) in [6.07, 6.45) is 0. The van der Waals surface area contributed by atoms with Crippen LogP contribution in [0.15, 0.2) is 36.4 Å². The summed E-state index contributed by atoms with van der Waals surface area (Å²) in [5, 5.41) is 2.95. The van der Waals surface area contributed by atoms with E-state index in [1.807, 2.05) is 0 Å². The lowest BCUT2D eigenvalue weighted by molar-refractivity contribution is 0.0527. The van der Waals surface area contributed by atoms with Gasteiger partial charge in [0.1, 0.15) is 5.82 Å². The number of rotatable bonds is 4. The number of nitrogens with two attached hydrogens (primary N) is 1. The van der Waals surface area contributed by atoms with E-state index in [0.29, 0.717) is 22.6 Å². The zero-order valence-electron chi connectivity index (χ0n) is 11.3. The highest BCUT2D eigenvalue weighted by Crippen LogP contribution is 2.29. The summed E-state index contributed by atoms with van der Waals surface area (Å²) in [5.41, 5.74) is 7.49. The van der Waals surface area contributed by atoms with Crippen molar-refractivity contribution >= 4 is 34.6 Å². The van der Waals surface area contributed by atoms with Crippen LogP contribution in [0.3, 0.4) is 0 Å². The van der Waals surface area contributed by atoms with Crippen molar-refractivity contribution in [3.63, 3.8) is 0 Å². The number of carbonyl (C=O) groups is 1. The Kier molecular flexibility index (Phi) is 4.65. The van der Waals surface area contributed by atoms with Crippen LogP contribution in [0.4, 0.5) is 21.5 Å². The van der Waals surface area contributed by atoms with Crippen LogP contribution in [0.2, 0.25) is 5.02 Å². The summed E-state index contributed by atoms with van der Waals surface area (Å²) in [7, 11) is 0. The van der Waals surface area contributed by atoms with E-state index < -0.39 is 11.8 Å². The first-order valence-corrected chi connectivity index (χ1v) is 6.68. The van der Waals surface area contributed by atoms with E-state index >= 15 is 0 Å². The first kappa shape index (κ1) is 15.1. The molecule has 21 heavy (non-hydrogen) atoms. The van der Waals surface area contributed by atoms with E-state index in [9.17, 15) is 9.18 Å². The summed E-state index contributed by atoms with van der Waals surface area (Å²) in [4.78, 5) is 11.9. The van der Waals surface area contributed by atoms with Crippen LogP contribution < -0.4 is 11.1 Å². The van der Waals surface area contributed by atoms with Crippen LogP contribution in [0.25, 0.3) is 0 Å². The third-order valence-corrected chi connectivity index (χ3v) is 3.07. The van der Waals surface area contributed by atoms with Gasteiger partial charge >= 0.3 is 5.97 Å². The van der Waals surface area contributed by atoms with Crippen LogP contribution in [-0.2, 0) is 4.74 Å². The smallest absolute Gasteiger partial charge is 0.340 e. The molecule has 3 N–H and O–H groups in total. The number of halogens is 2. The molecule has 0 aromatic heterocycles. The minimum atomic E-state index is -0.520. The maximum Gasteiger partial charge on any atom is 0.340 e. The average molecular weight is 309 g/mol. The molecule has 0 saturated heterocycles. The normalized spacial score (nSPS) is 10.2. The molecule has 0 heterocycles. The van der Waals surface area contributed by atoms with Gasteiger partial charge in [0, 0.05) is 5.69 Å². The Morgan fingerprint density at radius 1 is 1.38 bits per heavy atom. The van der Waals surface area contributed by atoms with Crippen molar-refractivity contribution in [2.24, 2.45) is 0 Å². The van der Waals surface area contributed by atoms with Crippen molar-refractivity contribution in [3.05, 3.63) is 52.8 Å².